The summed E-state index contributed by atoms with van der Waals surface area (Å²) in [6.45, 7) is 1.46. The van der Waals surface area contributed by atoms with Crippen molar-refractivity contribution in [1.29, 1.82) is 0 Å². The summed E-state index contributed by atoms with van der Waals surface area (Å²) in [4.78, 5) is 26.1. The summed E-state index contributed by atoms with van der Waals surface area (Å²) < 4.78 is 8.29. The Labute approximate surface area is 136 Å². The van der Waals surface area contributed by atoms with Gasteiger partial charge in [0.1, 0.15) is 0 Å². The zero-order valence-electron chi connectivity index (χ0n) is 13.1. The number of carbonyl (C=O) groups is 1. The molecule has 3 aromatic rings. The molecule has 1 aliphatic rings. The summed E-state index contributed by atoms with van der Waals surface area (Å²) in [5, 5.41) is 13.4. The van der Waals surface area contributed by atoms with Crippen molar-refractivity contribution in [1.82, 2.24) is 19.2 Å². The van der Waals surface area contributed by atoms with Crippen LogP contribution in [0, 0.1) is 0 Å². The van der Waals surface area contributed by atoms with Gasteiger partial charge in [-0.3, -0.25) is 14.0 Å². The molecule has 124 valence electrons. The standard InChI is InChI=1S/C16H16N4O4/c1-18-13-6-10(2-3-14(13)24-16(18)23)15(22)19-4-5-20-12(8-19)7-11(9-21)17-20/h2-3,6-7,21H,4-5,8-9H2,1H3. The maximum Gasteiger partial charge on any atom is 0.419 e. The van der Waals surface area contributed by atoms with Gasteiger partial charge in [0.2, 0.25) is 0 Å². The Kier molecular flexibility index (Phi) is 3.27. The van der Waals surface area contributed by atoms with Gasteiger partial charge in [-0.1, -0.05) is 0 Å². The molecule has 0 unspecified atom stereocenters. The molecule has 0 saturated heterocycles. The molecule has 1 aromatic carbocycles. The van der Waals surface area contributed by atoms with E-state index in [0.717, 1.165) is 5.69 Å². The van der Waals surface area contributed by atoms with Crippen LogP contribution >= 0.6 is 0 Å². The van der Waals surface area contributed by atoms with Crippen LogP contribution in [0.4, 0.5) is 0 Å². The lowest BCUT2D eigenvalue weighted by molar-refractivity contribution is 0.0706. The molecule has 3 heterocycles. The van der Waals surface area contributed by atoms with E-state index in [0.29, 0.717) is 42.0 Å². The highest BCUT2D eigenvalue weighted by Gasteiger charge is 2.23. The Morgan fingerprint density at radius 2 is 2.17 bits per heavy atom. The third-order valence-electron chi connectivity index (χ3n) is 4.34. The van der Waals surface area contributed by atoms with Crippen molar-refractivity contribution in [2.45, 2.75) is 19.7 Å². The van der Waals surface area contributed by atoms with Gasteiger partial charge in [0, 0.05) is 19.2 Å². The molecule has 0 aliphatic carbocycles. The predicted octanol–water partition coefficient (Wildman–Crippen LogP) is 0.476. The average Bonchev–Trinajstić information content (AvgIpc) is 3.14. The average molecular weight is 328 g/mol. The van der Waals surface area contributed by atoms with Crippen LogP contribution < -0.4 is 5.76 Å². The highest BCUT2D eigenvalue weighted by molar-refractivity contribution is 5.97. The van der Waals surface area contributed by atoms with Crippen LogP contribution in [-0.4, -0.2) is 36.8 Å². The Bertz CT molecular complexity index is 997. The Balaban J connectivity index is 1.64. The van der Waals surface area contributed by atoms with Crippen LogP contribution in [0.25, 0.3) is 11.1 Å². The van der Waals surface area contributed by atoms with Crippen molar-refractivity contribution in [2.24, 2.45) is 7.05 Å². The van der Waals surface area contributed by atoms with Crippen molar-refractivity contribution >= 4 is 17.0 Å². The summed E-state index contributed by atoms with van der Waals surface area (Å²) >= 11 is 0. The Morgan fingerprint density at radius 1 is 1.33 bits per heavy atom. The van der Waals surface area contributed by atoms with Crippen molar-refractivity contribution in [3.8, 4) is 0 Å². The molecule has 24 heavy (non-hydrogen) atoms. The zero-order chi connectivity index (χ0) is 16.8. The number of fused-ring (bicyclic) bond motifs is 2. The molecule has 0 radical (unpaired) electrons. The van der Waals surface area contributed by atoms with Gasteiger partial charge >= 0.3 is 5.76 Å². The topological polar surface area (TPSA) is 93.5 Å². The smallest absolute Gasteiger partial charge is 0.408 e. The highest BCUT2D eigenvalue weighted by atomic mass is 16.4. The van der Waals surface area contributed by atoms with Gasteiger partial charge in [0.25, 0.3) is 5.91 Å². The number of hydrogen-bond donors (Lipinski definition) is 1. The number of benzene rings is 1. The zero-order valence-corrected chi connectivity index (χ0v) is 13.1. The van der Waals surface area contributed by atoms with Crippen molar-refractivity contribution < 1.29 is 14.3 Å². The van der Waals surface area contributed by atoms with E-state index in [9.17, 15) is 14.7 Å². The fourth-order valence-corrected chi connectivity index (χ4v) is 3.02. The maximum atomic E-state index is 12.8. The van der Waals surface area contributed by atoms with E-state index in [1.54, 1.807) is 30.1 Å². The molecule has 0 bridgehead atoms. The molecule has 1 amide bonds. The van der Waals surface area contributed by atoms with Crippen LogP contribution in [0.5, 0.6) is 0 Å². The summed E-state index contributed by atoms with van der Waals surface area (Å²) in [5.74, 6) is -0.559. The molecule has 0 spiro atoms. The first kappa shape index (κ1) is 14.7. The van der Waals surface area contributed by atoms with Gasteiger partial charge in [-0.05, 0) is 24.3 Å². The molecule has 2 aromatic heterocycles. The first-order valence-corrected chi connectivity index (χ1v) is 7.62. The van der Waals surface area contributed by atoms with E-state index in [-0.39, 0.29) is 12.5 Å². The molecular weight excluding hydrogens is 312 g/mol. The van der Waals surface area contributed by atoms with Crippen LogP contribution in [0.1, 0.15) is 21.7 Å². The quantitative estimate of drug-likeness (QED) is 0.738. The molecule has 8 heteroatoms. The fourth-order valence-electron chi connectivity index (χ4n) is 3.02. The summed E-state index contributed by atoms with van der Waals surface area (Å²) in [7, 11) is 1.61. The first-order chi connectivity index (χ1) is 11.6. The normalized spacial score (nSPS) is 14.2. The highest BCUT2D eigenvalue weighted by Crippen LogP contribution is 2.19. The number of nitrogens with zero attached hydrogens (tertiary/aromatic N) is 4. The number of aryl methyl sites for hydroxylation is 1. The minimum absolute atomic E-state index is 0.108. The largest absolute Gasteiger partial charge is 0.419 e. The van der Waals surface area contributed by atoms with Crippen LogP contribution in [-0.2, 0) is 26.7 Å². The number of aliphatic hydroxyl groups excluding tert-OH is 1. The number of hydrogen-bond acceptors (Lipinski definition) is 5. The minimum atomic E-state index is -0.451. The summed E-state index contributed by atoms with van der Waals surface area (Å²) in [6.07, 6.45) is 0. The molecule has 0 fully saturated rings. The molecular formula is C16H16N4O4. The number of rotatable bonds is 2. The van der Waals surface area contributed by atoms with Crippen LogP contribution in [0.2, 0.25) is 0 Å². The fraction of sp³-hybridized carbons (Fsp3) is 0.312. The van der Waals surface area contributed by atoms with Gasteiger partial charge in [-0.15, -0.1) is 0 Å². The molecule has 0 saturated carbocycles. The number of carbonyl (C=O) groups excluding carboxylic acids is 1. The lowest BCUT2D eigenvalue weighted by atomic mass is 10.1. The SMILES string of the molecule is Cn1c(=O)oc2ccc(C(=O)N3CCn4nc(CO)cc4C3)cc21. The Morgan fingerprint density at radius 3 is 2.96 bits per heavy atom. The molecule has 4 rings (SSSR count). The lowest BCUT2D eigenvalue weighted by Crippen LogP contribution is -2.38. The van der Waals surface area contributed by atoms with Gasteiger partial charge in [-0.2, -0.15) is 5.10 Å². The van der Waals surface area contributed by atoms with Gasteiger partial charge < -0.3 is 14.4 Å². The van der Waals surface area contributed by atoms with Crippen LogP contribution in [0.15, 0.2) is 33.5 Å². The van der Waals surface area contributed by atoms with E-state index in [4.69, 9.17) is 4.42 Å². The second-order valence-corrected chi connectivity index (χ2v) is 5.84. The monoisotopic (exact) mass is 328 g/mol. The van der Waals surface area contributed by atoms with Gasteiger partial charge in [-0.25, -0.2) is 4.79 Å². The van der Waals surface area contributed by atoms with E-state index in [1.807, 2.05) is 10.7 Å². The number of aromatic nitrogens is 3. The summed E-state index contributed by atoms with van der Waals surface area (Å²) in [5.41, 5.74) is 3.07. The van der Waals surface area contributed by atoms with E-state index >= 15 is 0 Å². The van der Waals surface area contributed by atoms with Crippen molar-refractivity contribution in [3.05, 3.63) is 51.8 Å². The van der Waals surface area contributed by atoms with Gasteiger partial charge in [0.05, 0.1) is 36.6 Å². The van der Waals surface area contributed by atoms with Crippen molar-refractivity contribution in [3.63, 3.8) is 0 Å². The van der Waals surface area contributed by atoms with Crippen LogP contribution in [0.3, 0.4) is 0 Å². The molecule has 1 aliphatic heterocycles. The lowest BCUT2D eigenvalue weighted by Gasteiger charge is -2.27. The van der Waals surface area contributed by atoms with E-state index < -0.39 is 5.76 Å². The van der Waals surface area contributed by atoms with E-state index in [2.05, 4.69) is 5.10 Å². The predicted molar refractivity (Wildman–Crippen MR) is 84.3 cm³/mol. The Hall–Kier alpha value is -2.87. The number of amides is 1. The maximum absolute atomic E-state index is 12.8. The number of aliphatic hydroxyl groups is 1. The first-order valence-electron chi connectivity index (χ1n) is 7.62. The molecule has 1 N–H and O–H groups in total. The van der Waals surface area contributed by atoms with Gasteiger partial charge in [0.15, 0.2) is 5.58 Å². The van der Waals surface area contributed by atoms with E-state index in [1.165, 1.54) is 4.57 Å². The summed E-state index contributed by atoms with van der Waals surface area (Å²) in [6, 6.07) is 6.79. The second kappa shape index (κ2) is 5.34. The number of oxazole rings is 1. The third kappa shape index (κ3) is 2.23. The minimum Gasteiger partial charge on any atom is -0.408 e. The van der Waals surface area contributed by atoms with Crippen molar-refractivity contribution in [2.75, 3.05) is 6.54 Å². The molecule has 8 nitrogen and oxygen atoms in total. The third-order valence-corrected chi connectivity index (χ3v) is 4.34. The molecule has 0 atom stereocenters. The second-order valence-electron chi connectivity index (χ2n) is 5.84.